The Hall–Kier alpha value is -1.57. The zero-order chi connectivity index (χ0) is 14.1. The molecule has 0 atom stereocenters. The molecule has 0 aliphatic rings. The number of rotatable bonds is 2. The third-order valence-electron chi connectivity index (χ3n) is 2.07. The minimum atomic E-state index is -5.92. The molecule has 100 valence electrons. The van der Waals surface area contributed by atoms with Crippen molar-refractivity contribution in [3.05, 3.63) is 34.9 Å². The molecule has 0 saturated carbocycles. The molecule has 1 aromatic rings. The van der Waals surface area contributed by atoms with Crippen LogP contribution in [0.4, 0.5) is 13.2 Å². The highest BCUT2D eigenvalue weighted by Gasteiger charge is 2.49. The Morgan fingerprint density at radius 2 is 1.78 bits per heavy atom. The van der Waals surface area contributed by atoms with Crippen LogP contribution in [0, 0.1) is 13.8 Å². The van der Waals surface area contributed by atoms with Gasteiger partial charge in [-0.1, -0.05) is 17.7 Å². The SMILES string of the molecule is Cc1ccc(C(=O)OS(=O)(=O)C(F)(F)F)c(C)c1. The number of halogens is 3. The molecule has 1 rings (SSSR count). The monoisotopic (exact) mass is 282 g/mol. The first-order valence-corrected chi connectivity index (χ1v) is 6.08. The summed E-state index contributed by atoms with van der Waals surface area (Å²) >= 11 is 0. The van der Waals surface area contributed by atoms with Gasteiger partial charge in [0, 0.05) is 0 Å². The van der Waals surface area contributed by atoms with Gasteiger partial charge in [0.2, 0.25) is 0 Å². The van der Waals surface area contributed by atoms with Crippen molar-refractivity contribution < 1.29 is 30.6 Å². The topological polar surface area (TPSA) is 60.4 Å². The van der Waals surface area contributed by atoms with Gasteiger partial charge in [0.05, 0.1) is 5.56 Å². The molecule has 0 fully saturated rings. The molecule has 18 heavy (non-hydrogen) atoms. The fraction of sp³-hybridized carbons (Fsp3) is 0.300. The zero-order valence-corrected chi connectivity index (χ0v) is 10.2. The number of carbonyl (C=O) groups excluding carboxylic acids is 1. The minimum absolute atomic E-state index is 0.228. The second-order valence-electron chi connectivity index (χ2n) is 3.59. The van der Waals surface area contributed by atoms with Crippen LogP contribution in [0.15, 0.2) is 18.2 Å². The summed E-state index contributed by atoms with van der Waals surface area (Å²) in [5.74, 6) is -1.55. The van der Waals surface area contributed by atoms with Crippen molar-refractivity contribution in [3.63, 3.8) is 0 Å². The average Bonchev–Trinajstić information content (AvgIpc) is 2.14. The van der Waals surface area contributed by atoms with E-state index in [0.29, 0.717) is 5.56 Å². The van der Waals surface area contributed by atoms with E-state index in [-0.39, 0.29) is 5.56 Å². The average molecular weight is 282 g/mol. The van der Waals surface area contributed by atoms with Crippen molar-refractivity contribution in [1.82, 2.24) is 0 Å². The lowest BCUT2D eigenvalue weighted by Gasteiger charge is -2.09. The van der Waals surface area contributed by atoms with Crippen molar-refractivity contribution in [2.45, 2.75) is 19.4 Å². The number of hydrogen-bond acceptors (Lipinski definition) is 4. The number of aryl methyl sites for hydroxylation is 2. The Morgan fingerprint density at radius 3 is 2.22 bits per heavy atom. The highest BCUT2D eigenvalue weighted by atomic mass is 32.2. The van der Waals surface area contributed by atoms with Gasteiger partial charge >= 0.3 is 21.6 Å². The normalized spacial score (nSPS) is 12.3. The van der Waals surface area contributed by atoms with Crippen molar-refractivity contribution in [1.29, 1.82) is 0 Å². The van der Waals surface area contributed by atoms with Crippen LogP contribution in [0.5, 0.6) is 0 Å². The van der Waals surface area contributed by atoms with Crippen LogP contribution in [0.2, 0.25) is 0 Å². The van der Waals surface area contributed by atoms with Crippen LogP contribution >= 0.6 is 0 Å². The van der Waals surface area contributed by atoms with Crippen LogP contribution in [0.3, 0.4) is 0 Å². The molecule has 0 unspecified atom stereocenters. The van der Waals surface area contributed by atoms with Gasteiger partial charge in [0.15, 0.2) is 0 Å². The summed E-state index contributed by atoms with van der Waals surface area (Å²) in [6, 6.07) is 4.19. The Bertz CT molecular complexity index is 575. The summed E-state index contributed by atoms with van der Waals surface area (Å²) in [4.78, 5) is 11.3. The molecule has 8 heteroatoms. The Kier molecular flexibility index (Phi) is 3.70. The number of alkyl halides is 3. The lowest BCUT2D eigenvalue weighted by atomic mass is 10.1. The standard InChI is InChI=1S/C10H9F3O4S/c1-6-3-4-8(7(2)5-6)9(14)17-18(15,16)10(11,12)13/h3-5H,1-2H3. The first kappa shape index (κ1) is 14.5. The first-order chi connectivity index (χ1) is 8.04. The van der Waals surface area contributed by atoms with Gasteiger partial charge in [0.1, 0.15) is 0 Å². The van der Waals surface area contributed by atoms with Crippen molar-refractivity contribution in [2.24, 2.45) is 0 Å². The zero-order valence-electron chi connectivity index (χ0n) is 9.41. The maximum Gasteiger partial charge on any atom is 0.534 e. The summed E-state index contributed by atoms with van der Waals surface area (Å²) in [5.41, 5.74) is -4.74. The van der Waals surface area contributed by atoms with Crippen molar-refractivity contribution in [2.75, 3.05) is 0 Å². The lowest BCUT2D eigenvalue weighted by molar-refractivity contribution is -0.0525. The predicted octanol–water partition coefficient (Wildman–Crippen LogP) is 2.31. The van der Waals surface area contributed by atoms with Gasteiger partial charge in [-0.15, -0.1) is 0 Å². The molecule has 0 heterocycles. The highest BCUT2D eigenvalue weighted by Crippen LogP contribution is 2.26. The maximum absolute atomic E-state index is 12.0. The summed E-state index contributed by atoms with van der Waals surface area (Å²) in [5, 5.41) is 0. The Morgan fingerprint density at radius 1 is 1.22 bits per heavy atom. The molecule has 1 aromatic carbocycles. The van der Waals surface area contributed by atoms with Crippen molar-refractivity contribution in [3.8, 4) is 0 Å². The molecule has 0 aromatic heterocycles. The lowest BCUT2D eigenvalue weighted by Crippen LogP contribution is -2.28. The van der Waals surface area contributed by atoms with E-state index < -0.39 is 21.6 Å². The van der Waals surface area contributed by atoms with E-state index in [2.05, 4.69) is 4.18 Å². The minimum Gasteiger partial charge on any atom is -0.335 e. The second-order valence-corrected chi connectivity index (χ2v) is 5.13. The predicted molar refractivity (Wildman–Crippen MR) is 56.3 cm³/mol. The smallest absolute Gasteiger partial charge is 0.335 e. The molecule has 4 nitrogen and oxygen atoms in total. The van der Waals surface area contributed by atoms with Gasteiger partial charge in [-0.3, -0.25) is 0 Å². The molecule has 0 saturated heterocycles. The molecule has 0 aliphatic heterocycles. The van der Waals surface area contributed by atoms with Crippen LogP contribution in [-0.2, 0) is 14.3 Å². The van der Waals surface area contributed by atoms with Gasteiger partial charge in [0.25, 0.3) is 0 Å². The van der Waals surface area contributed by atoms with Gasteiger partial charge in [-0.05, 0) is 25.5 Å². The summed E-state index contributed by atoms with van der Waals surface area (Å²) in [7, 11) is -5.92. The van der Waals surface area contributed by atoms with E-state index in [4.69, 9.17) is 0 Å². The molecule has 0 N–H and O–H groups in total. The number of benzene rings is 1. The molecular formula is C10H9F3O4S. The third kappa shape index (κ3) is 3.00. The van der Waals surface area contributed by atoms with Crippen LogP contribution < -0.4 is 0 Å². The molecule has 0 spiro atoms. The van der Waals surface area contributed by atoms with Gasteiger partial charge in [-0.25, -0.2) is 4.79 Å². The largest absolute Gasteiger partial charge is 0.534 e. The molecule has 0 bridgehead atoms. The highest BCUT2D eigenvalue weighted by molar-refractivity contribution is 7.88. The van der Waals surface area contributed by atoms with Gasteiger partial charge in [-0.2, -0.15) is 21.6 Å². The van der Waals surface area contributed by atoms with E-state index in [1.807, 2.05) is 0 Å². The van der Waals surface area contributed by atoms with Crippen LogP contribution in [0.1, 0.15) is 21.5 Å². The molecule has 0 aliphatic carbocycles. The number of carbonyl (C=O) groups is 1. The fourth-order valence-corrected chi connectivity index (χ4v) is 1.62. The van der Waals surface area contributed by atoms with E-state index in [9.17, 15) is 26.4 Å². The first-order valence-electron chi connectivity index (χ1n) is 4.67. The maximum atomic E-state index is 12.0. The van der Waals surface area contributed by atoms with E-state index in [1.165, 1.54) is 25.1 Å². The van der Waals surface area contributed by atoms with E-state index in [0.717, 1.165) is 5.56 Å². The molecule has 0 amide bonds. The summed E-state index contributed by atoms with van der Waals surface area (Å²) in [6.45, 7) is 3.18. The van der Waals surface area contributed by atoms with Crippen molar-refractivity contribution >= 4 is 16.1 Å². The molecular weight excluding hydrogens is 273 g/mol. The second kappa shape index (κ2) is 4.60. The van der Waals surface area contributed by atoms with E-state index in [1.54, 1.807) is 6.92 Å². The Balaban J connectivity index is 3.04. The van der Waals surface area contributed by atoms with Crippen LogP contribution in [-0.4, -0.2) is 19.9 Å². The quantitative estimate of drug-likeness (QED) is 0.617. The Labute approximate surface area is 101 Å². The number of hydrogen-bond donors (Lipinski definition) is 0. The summed E-state index contributed by atoms with van der Waals surface area (Å²) < 4.78 is 60.8. The fourth-order valence-electron chi connectivity index (χ4n) is 1.23. The van der Waals surface area contributed by atoms with Gasteiger partial charge < -0.3 is 4.18 Å². The van der Waals surface area contributed by atoms with E-state index >= 15 is 0 Å². The third-order valence-corrected chi connectivity index (χ3v) is 3.01. The molecule has 0 radical (unpaired) electrons. The summed E-state index contributed by atoms with van der Waals surface area (Å²) in [6.07, 6.45) is 0. The van der Waals surface area contributed by atoms with Crippen LogP contribution in [0.25, 0.3) is 0 Å².